The second-order valence-electron chi connectivity index (χ2n) is 4.02. The average molecular weight is 260 g/mol. The van der Waals surface area contributed by atoms with Crippen molar-refractivity contribution in [2.75, 3.05) is 0 Å². The van der Waals surface area contributed by atoms with E-state index in [1.807, 2.05) is 0 Å². The van der Waals surface area contributed by atoms with Crippen molar-refractivity contribution < 1.29 is 0 Å². The van der Waals surface area contributed by atoms with Crippen LogP contribution in [0.25, 0.3) is 0 Å². The molecular weight excluding hydrogens is 242 g/mol. The summed E-state index contributed by atoms with van der Waals surface area (Å²) < 4.78 is 0. The molecule has 0 aliphatic heterocycles. The van der Waals surface area contributed by atoms with Crippen LogP contribution in [0.5, 0.6) is 0 Å². The predicted octanol–water partition coefficient (Wildman–Crippen LogP) is 3.73. The summed E-state index contributed by atoms with van der Waals surface area (Å²) in [5, 5.41) is 3.58. The zero-order valence-electron chi connectivity index (χ0n) is 10.1. The van der Waals surface area contributed by atoms with Gasteiger partial charge in [-0.3, -0.25) is 0 Å². The van der Waals surface area contributed by atoms with Crippen molar-refractivity contribution in [3.63, 3.8) is 0 Å². The van der Waals surface area contributed by atoms with Crippen LogP contribution >= 0.6 is 17.2 Å². The molecule has 17 heavy (non-hydrogen) atoms. The van der Waals surface area contributed by atoms with Gasteiger partial charge in [0.15, 0.2) is 0 Å². The van der Waals surface area contributed by atoms with Gasteiger partial charge in [0.05, 0.1) is 0 Å². The van der Waals surface area contributed by atoms with E-state index in [-0.39, 0.29) is 7.92 Å². The molecule has 2 aromatic carbocycles. The van der Waals surface area contributed by atoms with E-state index in [1.54, 1.807) is 0 Å². The first-order valence-electron chi connectivity index (χ1n) is 5.98. The van der Waals surface area contributed by atoms with Crippen molar-refractivity contribution in [2.24, 2.45) is 0 Å². The molecule has 0 heterocycles. The summed E-state index contributed by atoms with van der Waals surface area (Å²) in [6, 6.07) is 21.8. The molecule has 0 saturated carbocycles. The third-order valence-electron chi connectivity index (χ3n) is 2.82. The van der Waals surface area contributed by atoms with Crippen molar-refractivity contribution in [2.45, 2.75) is 18.7 Å². The van der Waals surface area contributed by atoms with Gasteiger partial charge in [-0.25, -0.2) is 0 Å². The summed E-state index contributed by atoms with van der Waals surface area (Å²) in [5.74, 6) is 0. The lowest BCUT2D eigenvalue weighted by Gasteiger charge is -2.24. The van der Waals surface area contributed by atoms with Gasteiger partial charge in [0, 0.05) is 5.40 Å². The van der Waals surface area contributed by atoms with Crippen LogP contribution in [0.4, 0.5) is 0 Å². The molecule has 0 aliphatic carbocycles. The van der Waals surface area contributed by atoms with Crippen LogP contribution in [-0.2, 0) is 0 Å². The zero-order chi connectivity index (χ0) is 12.1. The molecule has 0 aromatic heterocycles. The standard InChI is InChI=1S/C15H18P2/c1-2-15(16)17(13-9-5-3-6-10-13)14-11-7-4-8-12-14/h3-12,15H,2,16H2,1H3. The van der Waals surface area contributed by atoms with Gasteiger partial charge in [0.1, 0.15) is 0 Å². The molecule has 0 bridgehead atoms. The minimum atomic E-state index is -0.249. The van der Waals surface area contributed by atoms with Crippen molar-refractivity contribution in [3.05, 3.63) is 60.7 Å². The Morgan fingerprint density at radius 3 is 1.65 bits per heavy atom. The fourth-order valence-electron chi connectivity index (χ4n) is 1.89. The molecule has 2 aromatic rings. The van der Waals surface area contributed by atoms with Gasteiger partial charge in [-0.1, -0.05) is 67.6 Å². The van der Waals surface area contributed by atoms with E-state index in [1.165, 1.54) is 17.0 Å². The maximum absolute atomic E-state index is 3.02. The molecule has 0 N–H and O–H groups in total. The summed E-state index contributed by atoms with van der Waals surface area (Å²) in [6.07, 6.45) is 1.19. The highest BCUT2D eigenvalue weighted by atomic mass is 31.2. The van der Waals surface area contributed by atoms with Crippen molar-refractivity contribution in [1.29, 1.82) is 0 Å². The van der Waals surface area contributed by atoms with Crippen LogP contribution in [0, 0.1) is 0 Å². The Morgan fingerprint density at radius 1 is 0.882 bits per heavy atom. The SMILES string of the molecule is CCC(P)P(c1ccccc1)c1ccccc1. The Balaban J connectivity index is 2.39. The van der Waals surface area contributed by atoms with Crippen LogP contribution in [0.15, 0.2) is 60.7 Å². The maximum atomic E-state index is 3.02. The molecule has 0 fully saturated rings. The zero-order valence-corrected chi connectivity index (χ0v) is 12.1. The fraction of sp³-hybridized carbons (Fsp3) is 0.200. The highest BCUT2D eigenvalue weighted by Crippen LogP contribution is 2.44. The summed E-state index contributed by atoms with van der Waals surface area (Å²) in [4.78, 5) is 0. The molecule has 2 heteroatoms. The molecule has 0 nitrogen and oxygen atoms in total. The summed E-state index contributed by atoms with van der Waals surface area (Å²) in [7, 11) is 2.77. The topological polar surface area (TPSA) is 0 Å². The van der Waals surface area contributed by atoms with Crippen molar-refractivity contribution in [3.8, 4) is 0 Å². The summed E-state index contributed by atoms with van der Waals surface area (Å²) in [6.45, 7) is 2.26. The van der Waals surface area contributed by atoms with Crippen LogP contribution in [-0.4, -0.2) is 5.40 Å². The normalized spacial score (nSPS) is 12.6. The van der Waals surface area contributed by atoms with Crippen LogP contribution < -0.4 is 10.6 Å². The summed E-state index contributed by atoms with van der Waals surface area (Å²) in [5.41, 5.74) is 0. The Kier molecular flexibility index (Phi) is 4.72. The highest BCUT2D eigenvalue weighted by Gasteiger charge is 2.18. The van der Waals surface area contributed by atoms with E-state index in [4.69, 9.17) is 0 Å². The van der Waals surface area contributed by atoms with E-state index < -0.39 is 0 Å². The maximum Gasteiger partial charge on any atom is 0.00152 e. The van der Waals surface area contributed by atoms with E-state index in [0.29, 0.717) is 5.40 Å². The van der Waals surface area contributed by atoms with Crippen LogP contribution in [0.2, 0.25) is 0 Å². The van der Waals surface area contributed by atoms with E-state index in [0.717, 1.165) is 0 Å². The minimum absolute atomic E-state index is 0.249. The van der Waals surface area contributed by atoms with Gasteiger partial charge in [-0.15, -0.1) is 9.24 Å². The molecule has 2 rings (SSSR count). The molecule has 2 atom stereocenters. The van der Waals surface area contributed by atoms with E-state index in [9.17, 15) is 0 Å². The first-order valence-corrected chi connectivity index (χ1v) is 8.05. The molecule has 0 amide bonds. The Morgan fingerprint density at radius 2 is 1.29 bits per heavy atom. The third-order valence-corrected chi connectivity index (χ3v) is 6.92. The molecule has 0 saturated heterocycles. The van der Waals surface area contributed by atoms with Crippen LogP contribution in [0.3, 0.4) is 0 Å². The van der Waals surface area contributed by atoms with Gasteiger partial charge in [0.2, 0.25) is 0 Å². The Hall–Kier alpha value is -0.700. The number of hydrogen-bond acceptors (Lipinski definition) is 0. The van der Waals surface area contributed by atoms with Crippen molar-refractivity contribution in [1.82, 2.24) is 0 Å². The predicted molar refractivity (Wildman–Crippen MR) is 82.9 cm³/mol. The largest absolute Gasteiger partial charge is 0.129 e. The first-order chi connectivity index (χ1) is 8.33. The molecule has 88 valence electrons. The second kappa shape index (κ2) is 6.29. The van der Waals surface area contributed by atoms with Gasteiger partial charge < -0.3 is 0 Å². The highest BCUT2D eigenvalue weighted by molar-refractivity contribution is 7.78. The van der Waals surface area contributed by atoms with E-state index in [2.05, 4.69) is 76.8 Å². The average Bonchev–Trinajstić information content (AvgIpc) is 2.41. The lowest BCUT2D eigenvalue weighted by molar-refractivity contribution is 1.05. The number of benzene rings is 2. The van der Waals surface area contributed by atoms with Crippen LogP contribution in [0.1, 0.15) is 13.3 Å². The molecule has 0 aliphatic rings. The Labute approximate surface area is 107 Å². The van der Waals surface area contributed by atoms with Gasteiger partial charge in [0.25, 0.3) is 0 Å². The van der Waals surface area contributed by atoms with Gasteiger partial charge >= 0.3 is 0 Å². The number of rotatable bonds is 4. The molecule has 0 spiro atoms. The lowest BCUT2D eigenvalue weighted by atomic mass is 10.4. The van der Waals surface area contributed by atoms with E-state index >= 15 is 0 Å². The lowest BCUT2D eigenvalue weighted by Crippen LogP contribution is -2.17. The fourth-order valence-corrected chi connectivity index (χ4v) is 5.34. The Bertz CT molecular complexity index is 399. The van der Waals surface area contributed by atoms with Crippen molar-refractivity contribution >= 4 is 27.8 Å². The smallest absolute Gasteiger partial charge is 0.00152 e. The first kappa shape index (κ1) is 12.7. The third kappa shape index (κ3) is 3.15. The number of hydrogen-bond donors (Lipinski definition) is 0. The minimum Gasteiger partial charge on any atom is -0.129 e. The van der Waals surface area contributed by atoms with Gasteiger partial charge in [-0.05, 0) is 25.0 Å². The molecular formula is C15H18P2. The molecule has 0 radical (unpaired) electrons. The quantitative estimate of drug-likeness (QED) is 0.735. The summed E-state index contributed by atoms with van der Waals surface area (Å²) >= 11 is 0. The monoisotopic (exact) mass is 260 g/mol. The molecule has 2 unspecified atom stereocenters. The second-order valence-corrected chi connectivity index (χ2v) is 7.82. The van der Waals surface area contributed by atoms with Gasteiger partial charge in [-0.2, -0.15) is 0 Å².